The molecule has 1 aromatic carbocycles. The second-order valence-electron chi connectivity index (χ2n) is 10.0. The van der Waals surface area contributed by atoms with E-state index in [4.69, 9.17) is 14.6 Å². The number of methoxy groups -OCH3 is 2. The lowest BCUT2D eigenvalue weighted by atomic mass is 9.80. The number of nitrogens with zero attached hydrogens (tertiary/aromatic N) is 3. The number of rotatable bonds is 11. The molecule has 1 N–H and O–H groups in total. The standard InChI is InChI=1S/C30H47N3O2S.CH4O/c1-9-13-26(36-12-4)22-33-16-14-30(15-17-33,32(6)11-3)28-19-23(10-2)29-24(21-31(28)5)18-25(34-7)20-27(29)35-8;1-2/h12-13,18-20,23H,4,9-11,14-17,21-22H2,1-3,5-8H3;2H,1H3/b26-13-;. The number of likely N-dealkylation sites (N-methyl/N-ethyl adjacent to an activating group) is 2. The van der Waals surface area contributed by atoms with E-state index >= 15 is 0 Å². The first kappa shape index (κ1) is 32.3. The molecular weight excluding hydrogens is 494 g/mol. The maximum atomic E-state index is 7.00. The van der Waals surface area contributed by atoms with Crippen LogP contribution in [0.25, 0.3) is 0 Å². The molecule has 214 valence electrons. The number of piperidine rings is 1. The minimum Gasteiger partial charge on any atom is -0.497 e. The monoisotopic (exact) mass is 545 g/mol. The van der Waals surface area contributed by atoms with Gasteiger partial charge in [0.1, 0.15) is 11.5 Å². The summed E-state index contributed by atoms with van der Waals surface area (Å²) in [6.45, 7) is 15.8. The number of thioether (sulfide) groups is 1. The fourth-order valence-electron chi connectivity index (χ4n) is 5.99. The molecular formula is C31H51N3O3S. The predicted octanol–water partition coefficient (Wildman–Crippen LogP) is 6.09. The summed E-state index contributed by atoms with van der Waals surface area (Å²) in [6, 6.07) is 4.24. The third-order valence-electron chi connectivity index (χ3n) is 8.06. The molecule has 0 spiro atoms. The van der Waals surface area contributed by atoms with Gasteiger partial charge in [-0.2, -0.15) is 0 Å². The van der Waals surface area contributed by atoms with Crippen LogP contribution in [-0.4, -0.2) is 86.9 Å². The molecule has 0 radical (unpaired) electrons. The van der Waals surface area contributed by atoms with Crippen LogP contribution in [0.5, 0.6) is 11.5 Å². The number of fused-ring (bicyclic) bond motifs is 1. The number of aliphatic hydroxyl groups is 1. The van der Waals surface area contributed by atoms with E-state index in [9.17, 15) is 0 Å². The van der Waals surface area contributed by atoms with Crippen molar-refractivity contribution in [2.24, 2.45) is 0 Å². The summed E-state index contributed by atoms with van der Waals surface area (Å²) >= 11 is 1.77. The molecule has 0 amide bonds. The van der Waals surface area contributed by atoms with Crippen molar-refractivity contribution >= 4 is 11.8 Å². The minimum atomic E-state index is 0.0208. The normalized spacial score (nSPS) is 19.6. The van der Waals surface area contributed by atoms with Gasteiger partial charge in [-0.25, -0.2) is 0 Å². The van der Waals surface area contributed by atoms with Crippen molar-refractivity contribution in [3.8, 4) is 11.5 Å². The third-order valence-corrected chi connectivity index (χ3v) is 8.82. The van der Waals surface area contributed by atoms with Gasteiger partial charge in [-0.1, -0.05) is 39.5 Å². The molecule has 2 aliphatic rings. The van der Waals surface area contributed by atoms with Crippen LogP contribution >= 0.6 is 11.8 Å². The van der Waals surface area contributed by atoms with E-state index in [2.05, 4.69) is 74.4 Å². The summed E-state index contributed by atoms with van der Waals surface area (Å²) in [5.74, 6) is 2.10. The summed E-state index contributed by atoms with van der Waals surface area (Å²) in [6.07, 6.45) is 9.25. The fraction of sp³-hybridized carbons (Fsp3) is 0.613. The number of aliphatic hydroxyl groups excluding tert-OH is 1. The molecule has 0 bridgehead atoms. The highest BCUT2D eigenvalue weighted by atomic mass is 32.2. The number of hydrogen-bond acceptors (Lipinski definition) is 7. The highest BCUT2D eigenvalue weighted by Gasteiger charge is 2.43. The summed E-state index contributed by atoms with van der Waals surface area (Å²) in [5.41, 5.74) is 4.09. The summed E-state index contributed by atoms with van der Waals surface area (Å²) in [5, 5.41) is 8.96. The predicted molar refractivity (Wildman–Crippen MR) is 163 cm³/mol. The Labute approximate surface area is 236 Å². The minimum absolute atomic E-state index is 0.0208. The van der Waals surface area contributed by atoms with Gasteiger partial charge in [-0.05, 0) is 61.2 Å². The van der Waals surface area contributed by atoms with Crippen LogP contribution in [0.4, 0.5) is 0 Å². The summed E-state index contributed by atoms with van der Waals surface area (Å²) in [7, 11) is 9.08. The SMILES string of the molecule is C=CS/C(=C\CC)CN1CCC(C2=CC(CC)c3c(cc(OC)cc3OC)CN2C)(N(C)CC)CC1.CO. The molecule has 2 heterocycles. The average Bonchev–Trinajstić information content (AvgIpc) is 3.09. The Kier molecular flexibility index (Phi) is 13.3. The molecule has 6 nitrogen and oxygen atoms in total. The Hall–Kier alpha value is -1.93. The molecule has 1 saturated heterocycles. The lowest BCUT2D eigenvalue weighted by molar-refractivity contribution is 0.0524. The van der Waals surface area contributed by atoms with Crippen LogP contribution in [0.3, 0.4) is 0 Å². The van der Waals surface area contributed by atoms with Gasteiger partial charge in [0.25, 0.3) is 0 Å². The van der Waals surface area contributed by atoms with Crippen molar-refractivity contribution in [1.29, 1.82) is 0 Å². The van der Waals surface area contributed by atoms with Crippen LogP contribution in [0.1, 0.15) is 63.5 Å². The van der Waals surface area contributed by atoms with Crippen molar-refractivity contribution in [1.82, 2.24) is 14.7 Å². The molecule has 1 aromatic rings. The van der Waals surface area contributed by atoms with E-state index in [0.29, 0.717) is 5.92 Å². The summed E-state index contributed by atoms with van der Waals surface area (Å²) < 4.78 is 11.5. The Morgan fingerprint density at radius 2 is 1.87 bits per heavy atom. The van der Waals surface area contributed by atoms with Gasteiger partial charge in [0.15, 0.2) is 0 Å². The molecule has 38 heavy (non-hydrogen) atoms. The second kappa shape index (κ2) is 15.6. The van der Waals surface area contributed by atoms with Crippen molar-refractivity contribution < 1.29 is 14.6 Å². The number of ether oxygens (including phenoxy) is 2. The molecule has 0 aliphatic carbocycles. The fourth-order valence-corrected chi connectivity index (χ4v) is 6.73. The lowest BCUT2D eigenvalue weighted by Gasteiger charge is -2.51. The zero-order valence-electron chi connectivity index (χ0n) is 25.0. The van der Waals surface area contributed by atoms with E-state index in [1.165, 1.54) is 21.7 Å². The number of allylic oxidation sites excluding steroid dienone is 2. The van der Waals surface area contributed by atoms with E-state index in [0.717, 1.165) is 77.0 Å². The first-order valence-corrected chi connectivity index (χ1v) is 14.8. The zero-order chi connectivity index (χ0) is 28.3. The lowest BCUT2D eigenvalue weighted by Crippen LogP contribution is -2.57. The smallest absolute Gasteiger partial charge is 0.126 e. The number of benzene rings is 1. The molecule has 3 rings (SSSR count). The largest absolute Gasteiger partial charge is 0.497 e. The van der Waals surface area contributed by atoms with E-state index in [1.807, 2.05) is 11.5 Å². The molecule has 1 atom stereocenters. The maximum Gasteiger partial charge on any atom is 0.126 e. The molecule has 0 aromatic heterocycles. The van der Waals surface area contributed by atoms with Crippen LogP contribution < -0.4 is 9.47 Å². The first-order chi connectivity index (χ1) is 18.4. The van der Waals surface area contributed by atoms with E-state index in [-0.39, 0.29) is 5.54 Å². The highest BCUT2D eigenvalue weighted by molar-refractivity contribution is 8.05. The number of hydrogen-bond donors (Lipinski definition) is 1. The van der Waals surface area contributed by atoms with Crippen molar-refractivity contribution in [3.05, 3.63) is 58.0 Å². The zero-order valence-corrected chi connectivity index (χ0v) is 25.9. The Morgan fingerprint density at radius 3 is 2.39 bits per heavy atom. The summed E-state index contributed by atoms with van der Waals surface area (Å²) in [4.78, 5) is 9.12. The van der Waals surface area contributed by atoms with Crippen molar-refractivity contribution in [2.45, 2.75) is 64.5 Å². The Morgan fingerprint density at radius 1 is 1.18 bits per heavy atom. The van der Waals surface area contributed by atoms with Gasteiger partial charge >= 0.3 is 0 Å². The second-order valence-corrected chi connectivity index (χ2v) is 11.1. The van der Waals surface area contributed by atoms with Gasteiger partial charge in [-0.3, -0.25) is 9.80 Å². The van der Waals surface area contributed by atoms with Crippen LogP contribution in [-0.2, 0) is 6.54 Å². The number of likely N-dealkylation sites (tertiary alicyclic amines) is 1. The quantitative estimate of drug-likeness (QED) is 0.361. The van der Waals surface area contributed by atoms with Gasteiger partial charge in [0.2, 0.25) is 0 Å². The first-order valence-electron chi connectivity index (χ1n) is 13.9. The van der Waals surface area contributed by atoms with Gasteiger partial charge < -0.3 is 19.5 Å². The van der Waals surface area contributed by atoms with Crippen LogP contribution in [0.15, 0.2) is 46.9 Å². The van der Waals surface area contributed by atoms with Crippen molar-refractivity contribution in [2.75, 3.05) is 61.6 Å². The molecule has 0 saturated carbocycles. The van der Waals surface area contributed by atoms with Crippen LogP contribution in [0.2, 0.25) is 0 Å². The highest BCUT2D eigenvalue weighted by Crippen LogP contribution is 2.45. The Balaban J connectivity index is 0.00000247. The topological polar surface area (TPSA) is 48.4 Å². The van der Waals surface area contributed by atoms with Crippen LogP contribution in [0, 0.1) is 0 Å². The Bertz CT molecular complexity index is 954. The maximum absolute atomic E-state index is 7.00. The molecule has 1 unspecified atom stereocenters. The van der Waals surface area contributed by atoms with Crippen molar-refractivity contribution in [3.63, 3.8) is 0 Å². The van der Waals surface area contributed by atoms with Gasteiger partial charge in [0, 0.05) is 63.6 Å². The molecule has 2 aliphatic heterocycles. The molecule has 1 fully saturated rings. The molecule has 7 heteroatoms. The third kappa shape index (κ3) is 7.17. The van der Waals surface area contributed by atoms with E-state index in [1.54, 1.807) is 26.0 Å². The van der Waals surface area contributed by atoms with Gasteiger partial charge in [-0.15, -0.1) is 11.8 Å². The van der Waals surface area contributed by atoms with Gasteiger partial charge in [0.05, 0.1) is 19.8 Å². The average molecular weight is 546 g/mol. The van der Waals surface area contributed by atoms with E-state index < -0.39 is 0 Å².